The van der Waals surface area contributed by atoms with Gasteiger partial charge in [-0.3, -0.25) is 0 Å². The third-order valence-corrected chi connectivity index (χ3v) is 4.11. The first-order chi connectivity index (χ1) is 9.10. The zero-order valence-corrected chi connectivity index (χ0v) is 13.6. The largest absolute Gasteiger partial charge is 0.313 e. The average Bonchev–Trinajstić information content (AvgIpc) is 2.39. The number of hydrogen-bond acceptors (Lipinski definition) is 1. The van der Waals surface area contributed by atoms with Gasteiger partial charge in [-0.2, -0.15) is 0 Å². The van der Waals surface area contributed by atoms with Crippen LogP contribution in [0.1, 0.15) is 17.2 Å². The van der Waals surface area contributed by atoms with Crippen LogP contribution in [-0.4, -0.2) is 7.05 Å². The predicted molar refractivity (Wildman–Crippen MR) is 86.1 cm³/mol. The molecule has 0 aromatic heterocycles. The van der Waals surface area contributed by atoms with E-state index in [-0.39, 0.29) is 6.04 Å². The number of benzene rings is 2. The van der Waals surface area contributed by atoms with E-state index in [1.165, 1.54) is 5.56 Å². The van der Waals surface area contributed by atoms with Crippen molar-refractivity contribution in [2.45, 2.75) is 12.5 Å². The summed E-state index contributed by atoms with van der Waals surface area (Å²) in [5, 5.41) is 4.83. The Morgan fingerprint density at radius 1 is 1.11 bits per heavy atom. The molecule has 0 aliphatic heterocycles. The molecule has 0 radical (unpaired) electrons. The average molecular weight is 359 g/mol. The molecular formula is C15H14BrCl2N. The topological polar surface area (TPSA) is 12.0 Å². The van der Waals surface area contributed by atoms with Gasteiger partial charge in [0.25, 0.3) is 0 Å². The van der Waals surface area contributed by atoms with Gasteiger partial charge in [-0.25, -0.2) is 0 Å². The van der Waals surface area contributed by atoms with Gasteiger partial charge in [-0.05, 0) is 48.9 Å². The number of rotatable bonds is 4. The highest BCUT2D eigenvalue weighted by atomic mass is 79.9. The normalized spacial score (nSPS) is 12.4. The number of halogens is 3. The summed E-state index contributed by atoms with van der Waals surface area (Å²) in [5.74, 6) is 0. The molecule has 0 heterocycles. The maximum Gasteiger partial charge on any atom is 0.0465 e. The molecule has 0 amide bonds. The first-order valence-electron chi connectivity index (χ1n) is 5.97. The van der Waals surface area contributed by atoms with Crippen LogP contribution in [0.5, 0.6) is 0 Å². The van der Waals surface area contributed by atoms with Crippen molar-refractivity contribution in [1.82, 2.24) is 5.32 Å². The van der Waals surface area contributed by atoms with E-state index in [0.717, 1.165) is 26.5 Å². The highest BCUT2D eigenvalue weighted by molar-refractivity contribution is 9.10. The summed E-state index contributed by atoms with van der Waals surface area (Å²) in [6.07, 6.45) is 0.870. The van der Waals surface area contributed by atoms with Crippen LogP contribution in [0.4, 0.5) is 0 Å². The van der Waals surface area contributed by atoms with Gasteiger partial charge >= 0.3 is 0 Å². The molecule has 0 fully saturated rings. The quantitative estimate of drug-likeness (QED) is 0.786. The van der Waals surface area contributed by atoms with Crippen LogP contribution in [0.25, 0.3) is 0 Å². The lowest BCUT2D eigenvalue weighted by Crippen LogP contribution is -2.19. The predicted octanol–water partition coefficient (Wildman–Crippen LogP) is 5.26. The summed E-state index contributed by atoms with van der Waals surface area (Å²) in [6, 6.07) is 14.1. The lowest BCUT2D eigenvalue weighted by molar-refractivity contribution is 0.592. The summed E-state index contributed by atoms with van der Waals surface area (Å²) in [5.41, 5.74) is 2.32. The Bertz CT molecular complexity index is 555. The Labute approximate surface area is 132 Å². The minimum absolute atomic E-state index is 0.182. The van der Waals surface area contributed by atoms with Crippen LogP contribution in [0.3, 0.4) is 0 Å². The molecule has 1 N–H and O–H groups in total. The van der Waals surface area contributed by atoms with E-state index < -0.39 is 0 Å². The Hall–Kier alpha value is -0.540. The van der Waals surface area contributed by atoms with Crippen molar-refractivity contribution in [3.05, 3.63) is 68.1 Å². The molecule has 1 unspecified atom stereocenters. The molecule has 100 valence electrons. The molecule has 0 saturated heterocycles. The van der Waals surface area contributed by atoms with Gasteiger partial charge in [0.05, 0.1) is 0 Å². The summed E-state index contributed by atoms with van der Waals surface area (Å²) in [6.45, 7) is 0. The third-order valence-electron chi connectivity index (χ3n) is 3.04. The van der Waals surface area contributed by atoms with E-state index in [4.69, 9.17) is 23.2 Å². The fourth-order valence-corrected chi connectivity index (χ4v) is 2.94. The lowest BCUT2D eigenvalue weighted by Gasteiger charge is -2.18. The Morgan fingerprint density at radius 2 is 1.79 bits per heavy atom. The van der Waals surface area contributed by atoms with Crippen molar-refractivity contribution in [2.24, 2.45) is 0 Å². The molecule has 2 rings (SSSR count). The minimum atomic E-state index is 0.182. The summed E-state index contributed by atoms with van der Waals surface area (Å²) in [7, 11) is 1.94. The van der Waals surface area contributed by atoms with Crippen molar-refractivity contribution in [1.29, 1.82) is 0 Å². The number of nitrogens with one attached hydrogen (secondary N) is 1. The molecule has 0 bridgehead atoms. The summed E-state index contributed by atoms with van der Waals surface area (Å²) < 4.78 is 0.989. The molecule has 0 spiro atoms. The van der Waals surface area contributed by atoms with Gasteiger partial charge in [0.2, 0.25) is 0 Å². The molecule has 1 atom stereocenters. The van der Waals surface area contributed by atoms with E-state index in [2.05, 4.69) is 21.2 Å². The Morgan fingerprint density at radius 3 is 2.37 bits per heavy atom. The fraction of sp³-hybridized carbons (Fsp3) is 0.200. The van der Waals surface area contributed by atoms with Crippen LogP contribution >= 0.6 is 39.1 Å². The van der Waals surface area contributed by atoms with Gasteiger partial charge < -0.3 is 5.32 Å². The van der Waals surface area contributed by atoms with E-state index in [0.29, 0.717) is 0 Å². The molecule has 2 aromatic rings. The maximum atomic E-state index is 6.30. The van der Waals surface area contributed by atoms with E-state index in [1.54, 1.807) is 0 Å². The first kappa shape index (κ1) is 14.9. The van der Waals surface area contributed by atoms with E-state index >= 15 is 0 Å². The molecule has 0 saturated carbocycles. The molecule has 2 aromatic carbocycles. The highest BCUT2D eigenvalue weighted by Gasteiger charge is 2.13. The molecule has 0 aliphatic rings. The van der Waals surface area contributed by atoms with Crippen molar-refractivity contribution >= 4 is 39.1 Å². The fourth-order valence-electron chi connectivity index (χ4n) is 2.01. The maximum absolute atomic E-state index is 6.30. The van der Waals surface area contributed by atoms with E-state index in [1.807, 2.05) is 49.5 Å². The number of hydrogen-bond donors (Lipinski definition) is 1. The SMILES string of the molecule is CNC(Cc1ccc(Cl)cc1)c1ccc(Br)cc1Cl. The van der Waals surface area contributed by atoms with Crippen molar-refractivity contribution in [3.63, 3.8) is 0 Å². The highest BCUT2D eigenvalue weighted by Crippen LogP contribution is 2.28. The van der Waals surface area contributed by atoms with Crippen LogP contribution in [0, 0.1) is 0 Å². The van der Waals surface area contributed by atoms with Gasteiger partial charge in [0, 0.05) is 20.6 Å². The lowest BCUT2D eigenvalue weighted by atomic mass is 9.99. The summed E-state index contributed by atoms with van der Waals surface area (Å²) in [4.78, 5) is 0. The number of likely N-dealkylation sites (N-methyl/N-ethyl adjacent to an activating group) is 1. The molecular weight excluding hydrogens is 345 g/mol. The van der Waals surface area contributed by atoms with Crippen LogP contribution in [0.2, 0.25) is 10.0 Å². The van der Waals surface area contributed by atoms with Gasteiger partial charge in [0.15, 0.2) is 0 Å². The second-order valence-corrected chi connectivity index (χ2v) is 6.10. The monoisotopic (exact) mass is 357 g/mol. The smallest absolute Gasteiger partial charge is 0.0465 e. The van der Waals surface area contributed by atoms with Gasteiger partial charge in [-0.15, -0.1) is 0 Å². The van der Waals surface area contributed by atoms with Crippen LogP contribution < -0.4 is 5.32 Å². The second-order valence-electron chi connectivity index (χ2n) is 4.34. The zero-order chi connectivity index (χ0) is 13.8. The molecule has 4 heteroatoms. The molecule has 1 nitrogen and oxygen atoms in total. The second kappa shape index (κ2) is 6.76. The standard InChI is InChI=1S/C15H14BrCl2N/c1-19-15(8-10-2-5-12(17)6-3-10)13-7-4-11(16)9-14(13)18/h2-7,9,15,19H,8H2,1H3. The van der Waals surface area contributed by atoms with Crippen molar-refractivity contribution < 1.29 is 0 Å². The minimum Gasteiger partial charge on any atom is -0.313 e. The van der Waals surface area contributed by atoms with Crippen molar-refractivity contribution in [3.8, 4) is 0 Å². The third kappa shape index (κ3) is 3.96. The van der Waals surface area contributed by atoms with Crippen LogP contribution in [0.15, 0.2) is 46.9 Å². The molecule has 0 aliphatic carbocycles. The van der Waals surface area contributed by atoms with Crippen LogP contribution in [-0.2, 0) is 6.42 Å². The Kier molecular flexibility index (Phi) is 5.28. The zero-order valence-electron chi connectivity index (χ0n) is 10.5. The van der Waals surface area contributed by atoms with Gasteiger partial charge in [0.1, 0.15) is 0 Å². The summed E-state index contributed by atoms with van der Waals surface area (Å²) >= 11 is 15.6. The van der Waals surface area contributed by atoms with E-state index in [9.17, 15) is 0 Å². The van der Waals surface area contributed by atoms with Gasteiger partial charge in [-0.1, -0.05) is 57.3 Å². The van der Waals surface area contributed by atoms with Crippen molar-refractivity contribution in [2.75, 3.05) is 7.05 Å². The molecule has 19 heavy (non-hydrogen) atoms. The first-order valence-corrected chi connectivity index (χ1v) is 7.51. The Balaban J connectivity index is 2.22.